The van der Waals surface area contributed by atoms with Gasteiger partial charge in [-0.2, -0.15) is 0 Å². The maximum absolute atomic E-state index is 10.2. The van der Waals surface area contributed by atoms with Gasteiger partial charge in [-0.3, -0.25) is 0 Å². The van der Waals surface area contributed by atoms with E-state index in [1.807, 2.05) is 74.5 Å². The van der Waals surface area contributed by atoms with Crippen LogP contribution < -0.4 is 25.4 Å². The average Bonchev–Trinajstić information content (AvgIpc) is 3.00. The summed E-state index contributed by atoms with van der Waals surface area (Å²) in [7, 11) is 0. The molecular weight excluding hydrogens is 546 g/mol. The highest BCUT2D eigenvalue weighted by atomic mass is 16.5. The summed E-state index contributed by atoms with van der Waals surface area (Å²) in [6, 6.07) is 21.9. The van der Waals surface area contributed by atoms with Gasteiger partial charge in [-0.15, -0.1) is 0 Å². The molecule has 0 aliphatic rings. The molecule has 0 aliphatic carbocycles. The van der Waals surface area contributed by atoms with Crippen molar-refractivity contribution < 1.29 is 29.9 Å². The fraction of sp³-hybridized carbons (Fsp3) is 0.471. The minimum absolute atomic E-state index is 0.0111. The molecule has 0 radical (unpaired) electrons. The Morgan fingerprint density at radius 1 is 0.535 bits per heavy atom. The van der Waals surface area contributed by atoms with Crippen molar-refractivity contribution in [2.45, 2.75) is 77.7 Å². The second kappa shape index (κ2) is 17.8. The highest BCUT2D eigenvalue weighted by molar-refractivity contribution is 5.35. The Hall–Kier alpha value is -3.18. The van der Waals surface area contributed by atoms with E-state index in [1.54, 1.807) is 12.1 Å². The number of hydrogen-bond donors (Lipinski definition) is 7. The lowest BCUT2D eigenvalue weighted by Gasteiger charge is -2.28. The molecule has 0 aromatic heterocycles. The van der Waals surface area contributed by atoms with Crippen LogP contribution in [0, 0.1) is 5.92 Å². The molecule has 9 heteroatoms. The molecule has 3 aromatic rings. The van der Waals surface area contributed by atoms with E-state index < -0.39 is 0 Å². The fourth-order valence-corrected chi connectivity index (χ4v) is 4.75. The Labute approximate surface area is 255 Å². The first kappa shape index (κ1) is 34.3. The van der Waals surface area contributed by atoms with Crippen molar-refractivity contribution in [3.63, 3.8) is 0 Å². The second-order valence-corrected chi connectivity index (χ2v) is 11.2. The first-order valence-corrected chi connectivity index (χ1v) is 15.1. The summed E-state index contributed by atoms with van der Waals surface area (Å²) in [5.74, 6) is 1.90. The third-order valence-electron chi connectivity index (χ3n) is 7.75. The number of phenols is 1. The zero-order valence-electron chi connectivity index (χ0n) is 25.7. The molecule has 7 N–H and O–H groups in total. The first-order valence-electron chi connectivity index (χ1n) is 15.1. The molecule has 0 amide bonds. The van der Waals surface area contributed by atoms with Crippen LogP contribution >= 0.6 is 0 Å². The molecule has 0 saturated heterocycles. The van der Waals surface area contributed by atoms with Crippen LogP contribution in [0.25, 0.3) is 0 Å². The third-order valence-corrected chi connectivity index (χ3v) is 7.75. The molecule has 3 rings (SSSR count). The molecule has 0 saturated carbocycles. The lowest BCUT2D eigenvalue weighted by Crippen LogP contribution is -2.44. The molecule has 0 fully saturated rings. The van der Waals surface area contributed by atoms with Crippen LogP contribution in [0.15, 0.2) is 72.8 Å². The van der Waals surface area contributed by atoms with Crippen molar-refractivity contribution in [2.75, 3.05) is 19.8 Å². The van der Waals surface area contributed by atoms with E-state index in [2.05, 4.69) is 29.8 Å². The molecular formula is C34H49N3O6. The van der Waals surface area contributed by atoms with Gasteiger partial charge in [0.25, 0.3) is 0 Å². The Morgan fingerprint density at radius 2 is 0.907 bits per heavy atom. The molecule has 3 aromatic carbocycles. The van der Waals surface area contributed by atoms with E-state index in [4.69, 9.17) is 9.47 Å². The first-order chi connectivity index (χ1) is 20.8. The molecule has 0 heterocycles. The fourth-order valence-electron chi connectivity index (χ4n) is 4.75. The quantitative estimate of drug-likeness (QED) is 0.111. The summed E-state index contributed by atoms with van der Waals surface area (Å²) >= 11 is 0. The minimum Gasteiger partial charge on any atom is -0.508 e. The number of rotatable bonds is 19. The van der Waals surface area contributed by atoms with Crippen LogP contribution in [-0.2, 0) is 19.6 Å². The van der Waals surface area contributed by atoms with Crippen molar-refractivity contribution in [3.8, 4) is 17.2 Å². The summed E-state index contributed by atoms with van der Waals surface area (Å²) in [4.78, 5) is 0. The lowest BCUT2D eigenvalue weighted by molar-refractivity contribution is 0.115. The van der Waals surface area contributed by atoms with Crippen molar-refractivity contribution >= 4 is 0 Å². The highest BCUT2D eigenvalue weighted by Gasteiger charge is 2.22. The maximum Gasteiger partial charge on any atom is 0.124 e. The lowest BCUT2D eigenvalue weighted by atomic mass is 10.0. The summed E-state index contributed by atoms with van der Waals surface area (Å²) in [5.41, 5.74) is 2.63. The van der Waals surface area contributed by atoms with E-state index in [0.29, 0.717) is 31.3 Å². The molecule has 5 atom stereocenters. The normalized spacial score (nSPS) is 15.1. The van der Waals surface area contributed by atoms with Gasteiger partial charge < -0.3 is 45.9 Å². The summed E-state index contributed by atoms with van der Waals surface area (Å²) in [6.45, 7) is 9.16. The number of aliphatic hydroxyl groups is 3. The van der Waals surface area contributed by atoms with Gasteiger partial charge in [0.15, 0.2) is 0 Å². The molecule has 0 bridgehead atoms. The van der Waals surface area contributed by atoms with Crippen LogP contribution in [0.1, 0.15) is 44.4 Å². The topological polar surface area (TPSA) is 135 Å². The Balaban J connectivity index is 1.60. The van der Waals surface area contributed by atoms with E-state index >= 15 is 0 Å². The van der Waals surface area contributed by atoms with Crippen LogP contribution in [0.2, 0.25) is 0 Å². The highest BCUT2D eigenvalue weighted by Crippen LogP contribution is 2.23. The van der Waals surface area contributed by atoms with Gasteiger partial charge in [0.1, 0.15) is 29.5 Å². The predicted octanol–water partition coefficient (Wildman–Crippen LogP) is 3.33. The van der Waals surface area contributed by atoms with E-state index in [1.165, 1.54) is 0 Å². The standard InChI is InChI=1S/C34H49N3O6/c1-23(2)29(20-38)35-18-27-12-6-9-15-33(27)43-25(4)31(22-40)37-19-28-13-7-10-16-34(28)42-24(3)30(21-39)36-17-26-11-5-8-14-32(26)41/h5-16,23-25,29-31,35-41H,17-22H2,1-4H3/t24?,25?,29-,30-,31-/m1/s1. The molecule has 0 spiro atoms. The van der Waals surface area contributed by atoms with Crippen LogP contribution in [0.3, 0.4) is 0 Å². The van der Waals surface area contributed by atoms with Gasteiger partial charge in [0.05, 0.1) is 31.9 Å². The molecule has 0 aliphatic heterocycles. The van der Waals surface area contributed by atoms with Gasteiger partial charge >= 0.3 is 0 Å². The average molecular weight is 596 g/mol. The van der Waals surface area contributed by atoms with Crippen molar-refractivity contribution in [3.05, 3.63) is 89.5 Å². The van der Waals surface area contributed by atoms with Crippen molar-refractivity contribution in [1.82, 2.24) is 16.0 Å². The number of para-hydroxylation sites is 3. The Morgan fingerprint density at radius 3 is 1.33 bits per heavy atom. The number of hydrogen-bond acceptors (Lipinski definition) is 9. The van der Waals surface area contributed by atoms with Gasteiger partial charge in [-0.25, -0.2) is 0 Å². The number of aliphatic hydroxyl groups excluding tert-OH is 3. The Kier molecular flexibility index (Phi) is 14.2. The van der Waals surface area contributed by atoms with Crippen LogP contribution in [0.4, 0.5) is 0 Å². The Bertz CT molecular complexity index is 1230. The molecule has 2 unspecified atom stereocenters. The van der Waals surface area contributed by atoms with Gasteiger partial charge in [-0.05, 0) is 38.0 Å². The van der Waals surface area contributed by atoms with Crippen LogP contribution in [0.5, 0.6) is 17.2 Å². The molecule has 43 heavy (non-hydrogen) atoms. The maximum atomic E-state index is 10.2. The van der Waals surface area contributed by atoms with Crippen molar-refractivity contribution in [2.24, 2.45) is 5.92 Å². The molecule has 236 valence electrons. The number of benzene rings is 3. The zero-order chi connectivity index (χ0) is 31.2. The van der Waals surface area contributed by atoms with Crippen molar-refractivity contribution in [1.29, 1.82) is 0 Å². The predicted molar refractivity (Wildman–Crippen MR) is 169 cm³/mol. The SMILES string of the molecule is CC(C)[C@@H](CO)NCc1ccccc1OC(C)[C@@H](CO)NCc1ccccc1OC(C)[C@@H](CO)NCc1ccccc1O. The second-order valence-electron chi connectivity index (χ2n) is 11.2. The monoisotopic (exact) mass is 595 g/mol. The number of ether oxygens (including phenoxy) is 2. The zero-order valence-corrected chi connectivity index (χ0v) is 25.7. The summed E-state index contributed by atoms with van der Waals surface area (Å²) in [6.07, 6.45) is -0.701. The largest absolute Gasteiger partial charge is 0.508 e. The third kappa shape index (κ3) is 10.5. The van der Waals surface area contributed by atoms with Gasteiger partial charge in [0, 0.05) is 42.4 Å². The van der Waals surface area contributed by atoms with Gasteiger partial charge in [-0.1, -0.05) is 68.4 Å². The summed E-state index contributed by atoms with van der Waals surface area (Å²) < 4.78 is 12.6. The van der Waals surface area contributed by atoms with Crippen LogP contribution in [-0.4, -0.2) is 70.6 Å². The van der Waals surface area contributed by atoms with Gasteiger partial charge in [0.2, 0.25) is 0 Å². The number of phenolic OH excluding ortho intramolecular Hbond substituents is 1. The van der Waals surface area contributed by atoms with E-state index in [0.717, 1.165) is 22.4 Å². The summed E-state index contributed by atoms with van der Waals surface area (Å²) in [5, 5.41) is 50.1. The van der Waals surface area contributed by atoms with E-state index in [-0.39, 0.29) is 55.9 Å². The smallest absolute Gasteiger partial charge is 0.124 e. The van der Waals surface area contributed by atoms with E-state index in [9.17, 15) is 20.4 Å². The molecule has 9 nitrogen and oxygen atoms in total. The minimum atomic E-state index is -0.362. The number of nitrogens with one attached hydrogen (secondary N) is 3. The number of aromatic hydroxyl groups is 1.